The number of likely N-dealkylation sites (tertiary alicyclic amines) is 1. The first kappa shape index (κ1) is 21.0. The molecule has 0 spiro atoms. The van der Waals surface area contributed by atoms with Crippen LogP contribution in [0.15, 0.2) is 24.3 Å². The molecule has 2 aliphatic rings. The summed E-state index contributed by atoms with van der Waals surface area (Å²) in [4.78, 5) is 27.9. The molecule has 2 saturated heterocycles. The molecule has 0 saturated carbocycles. The Kier molecular flexibility index (Phi) is 7.58. The maximum absolute atomic E-state index is 12.8. The first-order chi connectivity index (χ1) is 13.5. The molecule has 0 aliphatic carbocycles. The van der Waals surface area contributed by atoms with Gasteiger partial charge in [0.2, 0.25) is 11.8 Å². The average Bonchev–Trinajstić information content (AvgIpc) is 3.15. The van der Waals surface area contributed by atoms with E-state index in [2.05, 4.69) is 10.2 Å². The number of amides is 2. The number of aliphatic hydroxyl groups excluding tert-OH is 1. The van der Waals surface area contributed by atoms with Gasteiger partial charge in [0, 0.05) is 43.8 Å². The Bertz CT molecular complexity index is 664. The number of anilines is 1. The minimum Gasteiger partial charge on any atom is -0.491 e. The lowest BCUT2D eigenvalue weighted by atomic mass is 10.2. The van der Waals surface area contributed by atoms with Crippen molar-refractivity contribution in [1.29, 1.82) is 0 Å². The van der Waals surface area contributed by atoms with Crippen LogP contribution < -0.4 is 10.1 Å². The fraction of sp³-hybridized carbons (Fsp3) is 0.600. The van der Waals surface area contributed by atoms with Gasteiger partial charge in [-0.3, -0.25) is 14.5 Å². The summed E-state index contributed by atoms with van der Waals surface area (Å²) in [5.41, 5.74) is 0.704. The Morgan fingerprint density at radius 3 is 2.64 bits per heavy atom. The highest BCUT2D eigenvalue weighted by atomic mass is 32.2. The van der Waals surface area contributed by atoms with Crippen molar-refractivity contribution in [2.75, 3.05) is 49.6 Å². The van der Waals surface area contributed by atoms with Crippen LogP contribution in [0.25, 0.3) is 0 Å². The van der Waals surface area contributed by atoms with Crippen molar-refractivity contribution in [3.05, 3.63) is 24.3 Å². The number of aliphatic hydroxyl groups is 1. The molecule has 2 aliphatic heterocycles. The number of hydrogen-bond acceptors (Lipinski definition) is 6. The van der Waals surface area contributed by atoms with Crippen LogP contribution >= 0.6 is 11.8 Å². The molecule has 2 amide bonds. The van der Waals surface area contributed by atoms with Crippen LogP contribution in [-0.4, -0.2) is 83.2 Å². The van der Waals surface area contributed by atoms with Gasteiger partial charge in [0.05, 0.1) is 6.04 Å². The highest BCUT2D eigenvalue weighted by Crippen LogP contribution is 2.22. The van der Waals surface area contributed by atoms with Crippen molar-refractivity contribution >= 4 is 29.3 Å². The molecule has 8 heteroatoms. The van der Waals surface area contributed by atoms with Crippen molar-refractivity contribution in [2.24, 2.45) is 0 Å². The van der Waals surface area contributed by atoms with Gasteiger partial charge in [-0.15, -0.1) is 0 Å². The van der Waals surface area contributed by atoms with Crippen molar-refractivity contribution in [3.8, 4) is 5.75 Å². The summed E-state index contributed by atoms with van der Waals surface area (Å²) in [5.74, 6) is 2.74. The van der Waals surface area contributed by atoms with Crippen LogP contribution in [-0.2, 0) is 9.59 Å². The summed E-state index contributed by atoms with van der Waals surface area (Å²) < 4.78 is 5.66. The van der Waals surface area contributed by atoms with Gasteiger partial charge in [0.1, 0.15) is 18.5 Å². The molecule has 1 aromatic rings. The molecule has 2 unspecified atom stereocenters. The monoisotopic (exact) mass is 407 g/mol. The van der Waals surface area contributed by atoms with Crippen LogP contribution in [0.2, 0.25) is 0 Å². The molecule has 0 bridgehead atoms. The fourth-order valence-corrected chi connectivity index (χ4v) is 4.58. The number of nitrogens with one attached hydrogen (secondary N) is 1. The maximum atomic E-state index is 12.8. The second-order valence-electron chi connectivity index (χ2n) is 7.26. The third-order valence-corrected chi connectivity index (χ3v) is 5.98. The lowest BCUT2D eigenvalue weighted by molar-refractivity contribution is -0.136. The summed E-state index contributed by atoms with van der Waals surface area (Å²) in [7, 11) is 0. The number of hydrogen-bond donors (Lipinski definition) is 2. The summed E-state index contributed by atoms with van der Waals surface area (Å²) in [6.07, 6.45) is 1.18. The van der Waals surface area contributed by atoms with Crippen LogP contribution in [0.5, 0.6) is 5.75 Å². The van der Waals surface area contributed by atoms with E-state index in [4.69, 9.17) is 4.74 Å². The molecule has 0 radical (unpaired) electrons. The van der Waals surface area contributed by atoms with Gasteiger partial charge in [0.25, 0.3) is 0 Å². The quantitative estimate of drug-likeness (QED) is 0.712. The Morgan fingerprint density at radius 1 is 1.25 bits per heavy atom. The molecule has 2 N–H and O–H groups in total. The number of benzene rings is 1. The molecular formula is C20H29N3O4S. The van der Waals surface area contributed by atoms with Gasteiger partial charge < -0.3 is 20.1 Å². The lowest BCUT2D eigenvalue weighted by Gasteiger charge is -2.33. The molecule has 2 atom stereocenters. The van der Waals surface area contributed by atoms with E-state index in [1.165, 1.54) is 6.92 Å². The summed E-state index contributed by atoms with van der Waals surface area (Å²) in [5, 5.41) is 13.1. The minimum absolute atomic E-state index is 0.116. The highest BCUT2D eigenvalue weighted by molar-refractivity contribution is 7.99. The zero-order valence-electron chi connectivity index (χ0n) is 16.3. The van der Waals surface area contributed by atoms with Crippen LogP contribution in [0, 0.1) is 0 Å². The van der Waals surface area contributed by atoms with E-state index in [-0.39, 0.29) is 24.5 Å². The minimum atomic E-state index is -0.666. The zero-order valence-corrected chi connectivity index (χ0v) is 17.1. The van der Waals surface area contributed by atoms with Gasteiger partial charge in [-0.1, -0.05) is 0 Å². The highest BCUT2D eigenvalue weighted by Gasteiger charge is 2.34. The standard InChI is InChI=1S/C20H29N3O4S/c1-15(24)21-16-4-6-18(7-5-16)27-14-17(25)13-23-8-2-3-19(23)20(26)22-9-11-28-12-10-22/h4-7,17,19,25H,2-3,8-14H2,1H3,(H,21,24). The van der Waals surface area contributed by atoms with Gasteiger partial charge in [-0.05, 0) is 43.7 Å². The van der Waals surface area contributed by atoms with Crippen molar-refractivity contribution < 1.29 is 19.4 Å². The topological polar surface area (TPSA) is 82.1 Å². The number of rotatable bonds is 7. The maximum Gasteiger partial charge on any atom is 0.239 e. The van der Waals surface area contributed by atoms with Crippen LogP contribution in [0.3, 0.4) is 0 Å². The van der Waals surface area contributed by atoms with Gasteiger partial charge >= 0.3 is 0 Å². The van der Waals surface area contributed by atoms with E-state index in [1.807, 2.05) is 16.7 Å². The van der Waals surface area contributed by atoms with E-state index in [0.29, 0.717) is 18.0 Å². The zero-order chi connectivity index (χ0) is 19.9. The van der Waals surface area contributed by atoms with E-state index < -0.39 is 6.10 Å². The normalized spacial score (nSPS) is 21.4. The molecule has 0 aromatic heterocycles. The second-order valence-corrected chi connectivity index (χ2v) is 8.49. The van der Waals surface area contributed by atoms with Gasteiger partial charge in [-0.25, -0.2) is 0 Å². The molecule has 3 rings (SSSR count). The first-order valence-corrected chi connectivity index (χ1v) is 11.0. The Morgan fingerprint density at radius 2 is 1.96 bits per heavy atom. The number of β-amino-alcohol motifs (C(OH)–C–C–N with tert-alkyl or cyclic N) is 1. The Balaban J connectivity index is 1.46. The van der Waals surface area contributed by atoms with Crippen molar-refractivity contribution in [3.63, 3.8) is 0 Å². The smallest absolute Gasteiger partial charge is 0.239 e. The second kappa shape index (κ2) is 10.1. The van der Waals surface area contributed by atoms with Crippen LogP contribution in [0.1, 0.15) is 19.8 Å². The average molecular weight is 408 g/mol. The Hall–Kier alpha value is -1.77. The van der Waals surface area contributed by atoms with Crippen LogP contribution in [0.4, 0.5) is 5.69 Å². The molecule has 7 nitrogen and oxygen atoms in total. The SMILES string of the molecule is CC(=O)Nc1ccc(OCC(O)CN2CCCC2C(=O)N2CCSCC2)cc1. The van der Waals surface area contributed by atoms with Crippen molar-refractivity contribution in [2.45, 2.75) is 31.9 Å². The molecular weight excluding hydrogens is 378 g/mol. The van der Waals surface area contributed by atoms with E-state index >= 15 is 0 Å². The fourth-order valence-electron chi connectivity index (χ4n) is 3.67. The van der Waals surface area contributed by atoms with Crippen molar-refractivity contribution in [1.82, 2.24) is 9.80 Å². The molecule has 2 fully saturated rings. The van der Waals surface area contributed by atoms with E-state index in [0.717, 1.165) is 44.0 Å². The summed E-state index contributed by atoms with van der Waals surface area (Å²) >= 11 is 1.89. The number of nitrogens with zero attached hydrogens (tertiary/aromatic N) is 2. The van der Waals surface area contributed by atoms with Gasteiger partial charge in [0.15, 0.2) is 0 Å². The largest absolute Gasteiger partial charge is 0.491 e. The molecule has 2 heterocycles. The third kappa shape index (κ3) is 5.86. The number of carbonyl (C=O) groups excluding carboxylic acids is 2. The predicted octanol–water partition coefficient (Wildman–Crippen LogP) is 1.42. The molecule has 154 valence electrons. The predicted molar refractivity (Wildman–Crippen MR) is 111 cm³/mol. The molecule has 1 aromatic carbocycles. The number of carbonyl (C=O) groups is 2. The first-order valence-electron chi connectivity index (χ1n) is 9.82. The summed E-state index contributed by atoms with van der Waals surface area (Å²) in [6.45, 7) is 4.55. The van der Waals surface area contributed by atoms with E-state index in [9.17, 15) is 14.7 Å². The molecule has 28 heavy (non-hydrogen) atoms. The summed E-state index contributed by atoms with van der Waals surface area (Å²) in [6, 6.07) is 6.92. The van der Waals surface area contributed by atoms with E-state index in [1.54, 1.807) is 24.3 Å². The third-order valence-electron chi connectivity index (χ3n) is 5.03. The van der Waals surface area contributed by atoms with Gasteiger partial charge in [-0.2, -0.15) is 11.8 Å². The lowest BCUT2D eigenvalue weighted by Crippen LogP contribution is -2.50. The Labute approximate surface area is 170 Å². The number of thioether (sulfide) groups is 1. The number of ether oxygens (including phenoxy) is 1.